The summed E-state index contributed by atoms with van der Waals surface area (Å²) in [6, 6.07) is 0. The fourth-order valence-corrected chi connectivity index (χ4v) is 4.22. The van der Waals surface area contributed by atoms with Gasteiger partial charge in [0.05, 0.1) is 0 Å². The fourth-order valence-electron chi connectivity index (χ4n) is 4.22. The van der Waals surface area contributed by atoms with Crippen LogP contribution < -0.4 is 0 Å². The first-order chi connectivity index (χ1) is 12.5. The highest BCUT2D eigenvalue weighted by atomic mass is 15.1. The van der Waals surface area contributed by atoms with Crippen LogP contribution in [0.5, 0.6) is 0 Å². The summed E-state index contributed by atoms with van der Waals surface area (Å²) in [5, 5.41) is 0. The van der Waals surface area contributed by atoms with Crippen LogP contribution in [-0.4, -0.2) is 18.0 Å². The maximum Gasteiger partial charge on any atom is 0.0203 e. The van der Waals surface area contributed by atoms with E-state index in [1.807, 2.05) is 0 Å². The van der Waals surface area contributed by atoms with E-state index in [-0.39, 0.29) is 0 Å². The molecule has 1 nitrogen and oxygen atoms in total. The van der Waals surface area contributed by atoms with Crippen LogP contribution in [0.25, 0.3) is 0 Å². The summed E-state index contributed by atoms with van der Waals surface area (Å²) in [5.74, 6) is 1.72. The zero-order valence-corrected chi connectivity index (χ0v) is 18.9. The predicted octanol–water partition coefficient (Wildman–Crippen LogP) is 8.13. The second-order valence-corrected chi connectivity index (χ2v) is 8.75. The molecule has 0 radical (unpaired) electrons. The number of nitrogens with zero attached hydrogens (tertiary/aromatic N) is 1. The third-order valence-electron chi connectivity index (χ3n) is 6.31. The third-order valence-corrected chi connectivity index (χ3v) is 6.31. The Morgan fingerprint density at radius 1 is 0.885 bits per heavy atom. The molecule has 1 heteroatoms. The zero-order chi connectivity index (χ0) is 19.4. The highest BCUT2D eigenvalue weighted by Gasteiger charge is 2.21. The van der Waals surface area contributed by atoms with Gasteiger partial charge in [0.25, 0.3) is 0 Å². The van der Waals surface area contributed by atoms with Gasteiger partial charge in [-0.2, -0.15) is 0 Å². The van der Waals surface area contributed by atoms with E-state index in [2.05, 4.69) is 52.5 Å². The molecule has 0 fully saturated rings. The van der Waals surface area contributed by atoms with Gasteiger partial charge in [-0.15, -0.1) is 0 Å². The first-order valence-electron chi connectivity index (χ1n) is 11.7. The molecule has 2 atom stereocenters. The smallest absolute Gasteiger partial charge is 0.0203 e. The highest BCUT2D eigenvalue weighted by molar-refractivity contribution is 5.30. The quantitative estimate of drug-likeness (QED) is 0.320. The van der Waals surface area contributed by atoms with Gasteiger partial charge in [-0.3, -0.25) is 0 Å². The van der Waals surface area contributed by atoms with Gasteiger partial charge in [0.15, 0.2) is 0 Å². The normalized spacial score (nSPS) is 17.0. The molecule has 0 saturated heterocycles. The van der Waals surface area contributed by atoms with Gasteiger partial charge in [0.1, 0.15) is 0 Å². The summed E-state index contributed by atoms with van der Waals surface area (Å²) in [6.07, 6.45) is 17.3. The topological polar surface area (TPSA) is 3.24 Å². The lowest BCUT2D eigenvalue weighted by atomic mass is 9.92. The molecule has 0 aromatic carbocycles. The Kier molecular flexibility index (Phi) is 12.1. The van der Waals surface area contributed by atoms with Gasteiger partial charge < -0.3 is 4.90 Å². The van der Waals surface area contributed by atoms with Gasteiger partial charge in [-0.1, -0.05) is 71.8 Å². The van der Waals surface area contributed by atoms with Crippen molar-refractivity contribution in [3.8, 4) is 0 Å². The van der Waals surface area contributed by atoms with Crippen molar-refractivity contribution in [2.75, 3.05) is 13.1 Å². The van der Waals surface area contributed by atoms with E-state index < -0.39 is 0 Å². The molecule has 2 unspecified atom stereocenters. The lowest BCUT2D eigenvalue weighted by Crippen LogP contribution is -2.34. The van der Waals surface area contributed by atoms with Crippen molar-refractivity contribution in [1.29, 1.82) is 0 Å². The van der Waals surface area contributed by atoms with Gasteiger partial charge in [0, 0.05) is 18.8 Å². The van der Waals surface area contributed by atoms with Crippen molar-refractivity contribution in [3.05, 3.63) is 22.9 Å². The molecule has 1 aliphatic rings. The largest absolute Gasteiger partial charge is 0.374 e. The van der Waals surface area contributed by atoms with Crippen molar-refractivity contribution in [2.24, 2.45) is 11.8 Å². The number of rotatable bonds is 13. The van der Waals surface area contributed by atoms with Gasteiger partial charge in [-0.05, 0) is 69.4 Å². The van der Waals surface area contributed by atoms with Crippen LogP contribution in [0.4, 0.5) is 0 Å². The Bertz CT molecular complexity index is 409. The monoisotopic (exact) mass is 361 g/mol. The Hall–Kier alpha value is -0.720. The maximum absolute atomic E-state index is 2.82. The molecule has 0 N–H and O–H groups in total. The number of allylic oxidation sites excluding steroid dienone is 4. The van der Waals surface area contributed by atoms with Crippen molar-refractivity contribution < 1.29 is 0 Å². The van der Waals surface area contributed by atoms with Crippen LogP contribution in [0.15, 0.2) is 22.9 Å². The molecule has 0 heterocycles. The zero-order valence-electron chi connectivity index (χ0n) is 18.9. The van der Waals surface area contributed by atoms with E-state index >= 15 is 0 Å². The van der Waals surface area contributed by atoms with E-state index in [9.17, 15) is 0 Å². The summed E-state index contributed by atoms with van der Waals surface area (Å²) in [4.78, 5) is 2.82. The molecule has 26 heavy (non-hydrogen) atoms. The summed E-state index contributed by atoms with van der Waals surface area (Å²) in [7, 11) is 0. The summed E-state index contributed by atoms with van der Waals surface area (Å²) in [6.45, 7) is 16.6. The second kappa shape index (κ2) is 13.4. The first-order valence-corrected chi connectivity index (χ1v) is 11.7. The lowest BCUT2D eigenvalue weighted by molar-refractivity contribution is 0.215. The first kappa shape index (κ1) is 23.3. The lowest BCUT2D eigenvalue weighted by Gasteiger charge is -2.36. The Balaban J connectivity index is 2.94. The molecular weight excluding hydrogens is 314 g/mol. The standard InChI is InChI=1S/C25H47N/c1-7-11-14-22(9-3)19-26(20-23(10-4)15-12-8-2)25-17-13-16-24(18-25)21(5)6/h18,22-23H,7-17,19-20H2,1-6H3. The highest BCUT2D eigenvalue weighted by Crippen LogP contribution is 2.30. The molecule has 1 aliphatic carbocycles. The summed E-state index contributed by atoms with van der Waals surface area (Å²) < 4.78 is 0. The molecule has 0 aliphatic heterocycles. The van der Waals surface area contributed by atoms with E-state index in [1.54, 1.807) is 11.3 Å². The van der Waals surface area contributed by atoms with E-state index in [0.717, 1.165) is 11.8 Å². The molecular formula is C25H47N. The maximum atomic E-state index is 2.82. The Morgan fingerprint density at radius 3 is 1.85 bits per heavy atom. The molecule has 0 saturated carbocycles. The van der Waals surface area contributed by atoms with Crippen molar-refractivity contribution >= 4 is 0 Å². The molecule has 0 bridgehead atoms. The second-order valence-electron chi connectivity index (χ2n) is 8.75. The molecule has 0 amide bonds. The summed E-state index contributed by atoms with van der Waals surface area (Å²) >= 11 is 0. The predicted molar refractivity (Wildman–Crippen MR) is 118 cm³/mol. The van der Waals surface area contributed by atoms with E-state index in [0.29, 0.717) is 0 Å². The minimum Gasteiger partial charge on any atom is -0.374 e. The molecule has 0 aromatic heterocycles. The number of hydrogen-bond donors (Lipinski definition) is 0. The molecule has 152 valence electrons. The minimum atomic E-state index is 0.858. The average Bonchev–Trinajstić information content (AvgIpc) is 2.66. The van der Waals surface area contributed by atoms with E-state index in [1.165, 1.54) is 89.3 Å². The van der Waals surface area contributed by atoms with Crippen molar-refractivity contribution in [1.82, 2.24) is 4.90 Å². The fraction of sp³-hybridized carbons (Fsp3) is 0.840. The van der Waals surface area contributed by atoms with Gasteiger partial charge in [0.2, 0.25) is 0 Å². The third kappa shape index (κ3) is 8.31. The number of hydrogen-bond acceptors (Lipinski definition) is 1. The van der Waals surface area contributed by atoms with Crippen molar-refractivity contribution in [2.45, 2.75) is 112 Å². The average molecular weight is 362 g/mol. The SMILES string of the molecule is CCCCC(CC)CN(CC(CC)CCCC)C1=CC(=C(C)C)CCC1. The van der Waals surface area contributed by atoms with Crippen LogP contribution in [0.2, 0.25) is 0 Å². The minimum absolute atomic E-state index is 0.858. The Morgan fingerprint density at radius 2 is 1.42 bits per heavy atom. The van der Waals surface area contributed by atoms with Crippen LogP contribution in [0.3, 0.4) is 0 Å². The molecule has 1 rings (SSSR count). The molecule has 0 spiro atoms. The van der Waals surface area contributed by atoms with Crippen LogP contribution in [0.1, 0.15) is 112 Å². The van der Waals surface area contributed by atoms with Gasteiger partial charge in [-0.25, -0.2) is 0 Å². The van der Waals surface area contributed by atoms with E-state index in [4.69, 9.17) is 0 Å². The number of unbranched alkanes of at least 4 members (excludes halogenated alkanes) is 2. The van der Waals surface area contributed by atoms with Crippen LogP contribution >= 0.6 is 0 Å². The summed E-state index contributed by atoms with van der Waals surface area (Å²) in [5.41, 5.74) is 4.75. The van der Waals surface area contributed by atoms with Crippen molar-refractivity contribution in [3.63, 3.8) is 0 Å². The van der Waals surface area contributed by atoms with Gasteiger partial charge >= 0.3 is 0 Å². The molecule has 0 aromatic rings. The van der Waals surface area contributed by atoms with Crippen LogP contribution in [0, 0.1) is 11.8 Å². The Labute approximate surface area is 165 Å². The van der Waals surface area contributed by atoms with Crippen LogP contribution in [-0.2, 0) is 0 Å².